The molecular formula is C20H30N4O4. The van der Waals surface area contributed by atoms with E-state index in [1.54, 1.807) is 7.11 Å². The van der Waals surface area contributed by atoms with E-state index >= 15 is 0 Å². The first-order valence-corrected chi connectivity index (χ1v) is 9.94. The van der Waals surface area contributed by atoms with Crippen LogP contribution in [0.25, 0.3) is 0 Å². The van der Waals surface area contributed by atoms with Gasteiger partial charge < -0.3 is 19.6 Å². The lowest BCUT2D eigenvalue weighted by atomic mass is 10.2. The maximum atomic E-state index is 12.1. The number of hydrogen-bond donors (Lipinski definition) is 1. The summed E-state index contributed by atoms with van der Waals surface area (Å²) in [6.07, 6.45) is 1.75. The molecule has 1 aromatic rings. The van der Waals surface area contributed by atoms with E-state index in [2.05, 4.69) is 15.9 Å². The summed E-state index contributed by atoms with van der Waals surface area (Å²) >= 11 is 0. The first-order chi connectivity index (χ1) is 13.6. The van der Waals surface area contributed by atoms with Crippen LogP contribution < -0.4 is 9.64 Å². The molecule has 1 N–H and O–H groups in total. The predicted molar refractivity (Wildman–Crippen MR) is 107 cm³/mol. The zero-order chi connectivity index (χ0) is 19.9. The fourth-order valence-corrected chi connectivity index (χ4v) is 3.82. The van der Waals surface area contributed by atoms with Gasteiger partial charge in [-0.05, 0) is 31.5 Å². The van der Waals surface area contributed by atoms with Crippen LogP contribution in [0, 0.1) is 0 Å². The maximum Gasteiger partial charge on any atom is 0.327 e. The molecule has 3 rings (SSSR count). The summed E-state index contributed by atoms with van der Waals surface area (Å²) in [4.78, 5) is 31.6. The number of carbonyl (C=O) groups excluding carboxylic acids is 2. The Labute approximate surface area is 166 Å². The number of aliphatic hydroxyl groups excluding tert-OH is 1. The minimum absolute atomic E-state index is 0.0876. The number of para-hydroxylation sites is 2. The van der Waals surface area contributed by atoms with Crippen LogP contribution >= 0.6 is 0 Å². The summed E-state index contributed by atoms with van der Waals surface area (Å²) in [5.74, 6) is 0.745. The SMILES string of the molecule is COc1ccccc1N1CCN(CCCCN2C(=O)CN(CCO)C2=O)CC1. The number of anilines is 1. The summed E-state index contributed by atoms with van der Waals surface area (Å²) < 4.78 is 5.46. The third-order valence-corrected chi connectivity index (χ3v) is 5.40. The van der Waals surface area contributed by atoms with E-state index in [1.807, 2.05) is 18.2 Å². The van der Waals surface area contributed by atoms with Gasteiger partial charge in [-0.25, -0.2) is 4.79 Å². The second kappa shape index (κ2) is 9.75. The second-order valence-corrected chi connectivity index (χ2v) is 7.18. The van der Waals surface area contributed by atoms with Crippen LogP contribution in [0.5, 0.6) is 5.75 Å². The van der Waals surface area contributed by atoms with Crippen LogP contribution in [-0.2, 0) is 4.79 Å². The molecule has 0 unspecified atom stereocenters. The summed E-state index contributed by atoms with van der Waals surface area (Å²) in [6.45, 7) is 5.51. The van der Waals surface area contributed by atoms with Crippen molar-refractivity contribution in [2.24, 2.45) is 0 Å². The van der Waals surface area contributed by atoms with Crippen molar-refractivity contribution in [1.82, 2.24) is 14.7 Å². The Kier molecular flexibility index (Phi) is 7.11. The van der Waals surface area contributed by atoms with Crippen molar-refractivity contribution >= 4 is 17.6 Å². The number of benzene rings is 1. The van der Waals surface area contributed by atoms with Crippen molar-refractivity contribution in [3.05, 3.63) is 24.3 Å². The number of rotatable bonds is 9. The van der Waals surface area contributed by atoms with E-state index in [-0.39, 0.29) is 31.6 Å². The third kappa shape index (κ3) is 4.74. The highest BCUT2D eigenvalue weighted by atomic mass is 16.5. The lowest BCUT2D eigenvalue weighted by Crippen LogP contribution is -2.46. The molecular weight excluding hydrogens is 360 g/mol. The highest BCUT2D eigenvalue weighted by Gasteiger charge is 2.34. The molecule has 0 atom stereocenters. The Hall–Kier alpha value is -2.32. The number of unbranched alkanes of at least 4 members (excludes halogenated alkanes) is 1. The number of methoxy groups -OCH3 is 1. The number of aliphatic hydroxyl groups is 1. The first kappa shape index (κ1) is 20.4. The molecule has 0 saturated carbocycles. The van der Waals surface area contributed by atoms with Crippen molar-refractivity contribution in [1.29, 1.82) is 0 Å². The zero-order valence-corrected chi connectivity index (χ0v) is 16.5. The summed E-state index contributed by atoms with van der Waals surface area (Å²) in [5.41, 5.74) is 1.14. The van der Waals surface area contributed by atoms with E-state index in [0.717, 1.165) is 57.0 Å². The lowest BCUT2D eigenvalue weighted by Gasteiger charge is -2.36. The maximum absolute atomic E-state index is 12.1. The molecule has 2 heterocycles. The lowest BCUT2D eigenvalue weighted by molar-refractivity contribution is -0.125. The number of imide groups is 1. The van der Waals surface area contributed by atoms with E-state index in [1.165, 1.54) is 9.80 Å². The van der Waals surface area contributed by atoms with Crippen molar-refractivity contribution in [2.45, 2.75) is 12.8 Å². The van der Waals surface area contributed by atoms with E-state index in [0.29, 0.717) is 6.54 Å². The largest absolute Gasteiger partial charge is 0.495 e. The highest BCUT2D eigenvalue weighted by Crippen LogP contribution is 2.28. The number of urea groups is 1. The molecule has 2 saturated heterocycles. The van der Waals surface area contributed by atoms with Gasteiger partial charge in [0.25, 0.3) is 0 Å². The molecule has 2 aliphatic heterocycles. The molecule has 28 heavy (non-hydrogen) atoms. The fourth-order valence-electron chi connectivity index (χ4n) is 3.82. The summed E-state index contributed by atoms with van der Waals surface area (Å²) in [7, 11) is 1.70. The summed E-state index contributed by atoms with van der Waals surface area (Å²) in [5, 5.41) is 8.96. The average molecular weight is 390 g/mol. The molecule has 0 aromatic heterocycles. The van der Waals surface area contributed by atoms with E-state index in [9.17, 15) is 9.59 Å². The van der Waals surface area contributed by atoms with Crippen LogP contribution in [0.2, 0.25) is 0 Å². The molecule has 8 nitrogen and oxygen atoms in total. The molecule has 0 bridgehead atoms. The topological polar surface area (TPSA) is 76.6 Å². The van der Waals surface area contributed by atoms with Gasteiger partial charge in [-0.3, -0.25) is 14.6 Å². The number of ether oxygens (including phenoxy) is 1. The van der Waals surface area contributed by atoms with Crippen LogP contribution in [0.15, 0.2) is 24.3 Å². The number of nitrogens with zero attached hydrogens (tertiary/aromatic N) is 4. The molecule has 2 fully saturated rings. The highest BCUT2D eigenvalue weighted by molar-refractivity contribution is 6.01. The number of amides is 3. The number of hydrogen-bond acceptors (Lipinski definition) is 6. The smallest absolute Gasteiger partial charge is 0.327 e. The Morgan fingerprint density at radius 3 is 2.43 bits per heavy atom. The number of β-amino-alcohol motifs (C(OH)–C–C–N with tert-alkyl or cyclic N) is 1. The average Bonchev–Trinajstić information content (AvgIpc) is 2.99. The van der Waals surface area contributed by atoms with E-state index in [4.69, 9.17) is 9.84 Å². The van der Waals surface area contributed by atoms with Crippen molar-refractivity contribution in [2.75, 3.05) is 71.0 Å². The molecule has 0 radical (unpaired) electrons. The van der Waals surface area contributed by atoms with Crippen molar-refractivity contribution in [3.63, 3.8) is 0 Å². The van der Waals surface area contributed by atoms with Gasteiger partial charge in [0.2, 0.25) is 5.91 Å². The van der Waals surface area contributed by atoms with Gasteiger partial charge in [0.15, 0.2) is 0 Å². The molecule has 3 amide bonds. The van der Waals surface area contributed by atoms with Gasteiger partial charge in [0.05, 0.1) is 19.4 Å². The predicted octanol–water partition coefficient (Wildman–Crippen LogP) is 0.854. The van der Waals surface area contributed by atoms with Crippen LogP contribution in [0.3, 0.4) is 0 Å². The fraction of sp³-hybridized carbons (Fsp3) is 0.600. The van der Waals surface area contributed by atoms with Gasteiger partial charge in [-0.15, -0.1) is 0 Å². The van der Waals surface area contributed by atoms with Gasteiger partial charge in [-0.1, -0.05) is 12.1 Å². The molecule has 154 valence electrons. The minimum Gasteiger partial charge on any atom is -0.495 e. The van der Waals surface area contributed by atoms with Gasteiger partial charge >= 0.3 is 6.03 Å². The summed E-state index contributed by atoms with van der Waals surface area (Å²) in [6, 6.07) is 7.83. The van der Waals surface area contributed by atoms with E-state index < -0.39 is 0 Å². The monoisotopic (exact) mass is 390 g/mol. The minimum atomic E-state index is -0.274. The Morgan fingerprint density at radius 2 is 1.71 bits per heavy atom. The first-order valence-electron chi connectivity index (χ1n) is 9.94. The number of piperazine rings is 1. The molecule has 8 heteroatoms. The number of carbonyl (C=O) groups is 2. The van der Waals surface area contributed by atoms with Gasteiger partial charge in [0, 0.05) is 39.3 Å². The molecule has 2 aliphatic rings. The van der Waals surface area contributed by atoms with Crippen LogP contribution in [0.4, 0.5) is 10.5 Å². The van der Waals surface area contributed by atoms with Crippen molar-refractivity contribution in [3.8, 4) is 5.75 Å². The molecule has 0 spiro atoms. The third-order valence-electron chi connectivity index (χ3n) is 5.40. The quantitative estimate of drug-likeness (QED) is 0.498. The van der Waals surface area contributed by atoms with Crippen LogP contribution in [-0.4, -0.2) is 97.8 Å². The Bertz CT molecular complexity index is 676. The second-order valence-electron chi connectivity index (χ2n) is 7.18. The van der Waals surface area contributed by atoms with Crippen LogP contribution in [0.1, 0.15) is 12.8 Å². The Morgan fingerprint density at radius 1 is 1.00 bits per heavy atom. The standard InChI is InChI=1S/C20H30N4O4/c1-28-18-7-3-2-6-17(18)22-12-10-21(11-13-22)8-4-5-9-24-19(26)16-23(14-15-25)20(24)27/h2-3,6-7,25H,4-5,8-16H2,1H3. The zero-order valence-electron chi connectivity index (χ0n) is 16.5. The van der Waals surface area contributed by atoms with Gasteiger partial charge in [0.1, 0.15) is 12.3 Å². The van der Waals surface area contributed by atoms with Crippen molar-refractivity contribution < 1.29 is 19.4 Å². The normalized spacial score (nSPS) is 18.3. The van der Waals surface area contributed by atoms with Gasteiger partial charge in [-0.2, -0.15) is 0 Å². The molecule has 0 aliphatic carbocycles. The Balaban J connectivity index is 1.37. The molecule has 1 aromatic carbocycles.